The maximum absolute atomic E-state index is 11.9. The second-order valence-corrected chi connectivity index (χ2v) is 4.69. The fourth-order valence-electron chi connectivity index (χ4n) is 1.81. The first kappa shape index (κ1) is 17.5. The van der Waals surface area contributed by atoms with E-state index in [-0.39, 0.29) is 19.0 Å². The molecule has 8 heteroatoms. The Labute approximate surface area is 127 Å². The smallest absolute Gasteiger partial charge is 0.307 e. The Morgan fingerprint density at radius 2 is 1.59 bits per heavy atom. The highest BCUT2D eigenvalue weighted by Gasteiger charge is 2.37. The number of carbonyl (C=O) groups excluding carboxylic acids is 3. The summed E-state index contributed by atoms with van der Waals surface area (Å²) in [6.07, 6.45) is 1.22. The third-order valence-corrected chi connectivity index (χ3v) is 2.83. The van der Waals surface area contributed by atoms with Crippen molar-refractivity contribution >= 4 is 17.9 Å². The molecular weight excluding hydrogens is 294 g/mol. The lowest BCUT2D eigenvalue weighted by Crippen LogP contribution is -2.30. The van der Waals surface area contributed by atoms with Crippen molar-refractivity contribution in [3.05, 3.63) is 28.0 Å². The van der Waals surface area contributed by atoms with Crippen LogP contribution >= 0.6 is 0 Å². The van der Waals surface area contributed by atoms with Crippen LogP contribution in [0.1, 0.15) is 27.7 Å². The summed E-state index contributed by atoms with van der Waals surface area (Å²) in [4.78, 5) is 45.1. The van der Waals surface area contributed by atoms with E-state index in [2.05, 4.69) is 0 Å². The molecule has 0 bridgehead atoms. The number of hydrogen-bond donors (Lipinski definition) is 0. The Kier molecular flexibility index (Phi) is 5.97. The maximum atomic E-state index is 11.9. The lowest BCUT2D eigenvalue weighted by atomic mass is 10.0. The van der Waals surface area contributed by atoms with Crippen molar-refractivity contribution in [1.82, 2.24) is 0 Å². The van der Waals surface area contributed by atoms with E-state index in [1.54, 1.807) is 0 Å². The number of hydrogen-bond acceptors (Lipinski definition) is 7. The topological polar surface area (TPSA) is 99.0 Å². The van der Waals surface area contributed by atoms with Crippen LogP contribution in [-0.2, 0) is 28.6 Å². The molecule has 1 unspecified atom stereocenters. The van der Waals surface area contributed by atoms with Crippen molar-refractivity contribution in [2.45, 2.75) is 33.7 Å². The van der Waals surface area contributed by atoms with E-state index in [1.807, 2.05) is 0 Å². The first-order valence-electron chi connectivity index (χ1n) is 6.57. The maximum Gasteiger partial charge on any atom is 0.307 e. The van der Waals surface area contributed by atoms with Crippen molar-refractivity contribution < 1.29 is 33.4 Å². The van der Waals surface area contributed by atoms with Gasteiger partial charge in [-0.2, -0.15) is 0 Å². The zero-order chi connectivity index (χ0) is 16.9. The molecule has 22 heavy (non-hydrogen) atoms. The number of ether oxygens (including phenoxy) is 3. The summed E-state index contributed by atoms with van der Waals surface area (Å²) in [5.41, 5.74) is 0.645. The van der Waals surface area contributed by atoms with Crippen LogP contribution in [0.4, 0.5) is 0 Å². The number of nitroso groups, excluding NO2 is 1. The molecule has 0 aromatic rings. The number of esters is 3. The van der Waals surface area contributed by atoms with Gasteiger partial charge in [-0.3, -0.25) is 14.4 Å². The van der Waals surface area contributed by atoms with E-state index in [1.165, 1.54) is 33.9 Å². The molecule has 0 aromatic heterocycles. The van der Waals surface area contributed by atoms with Crippen LogP contribution in [0.5, 0.6) is 0 Å². The minimum atomic E-state index is -0.768. The normalized spacial score (nSPS) is 17.7. The highest BCUT2D eigenvalue weighted by Crippen LogP contribution is 2.26. The van der Waals surface area contributed by atoms with Gasteiger partial charge in [-0.25, -0.2) is 0 Å². The van der Waals surface area contributed by atoms with Gasteiger partial charge in [0.05, 0.1) is 5.57 Å². The van der Waals surface area contributed by atoms with E-state index in [0.717, 1.165) is 0 Å². The first-order valence-corrected chi connectivity index (χ1v) is 6.57. The third-order valence-electron chi connectivity index (χ3n) is 2.83. The fraction of sp³-hybridized carbons (Fsp3) is 0.500. The van der Waals surface area contributed by atoms with E-state index < -0.39 is 23.9 Å². The SMILES string of the molecule is CC(=O)OCC1=C[N+](=O)C(C)C(OC(C)=O)=C1COC(C)=O. The molecule has 1 aliphatic rings. The van der Waals surface area contributed by atoms with Gasteiger partial charge in [-0.1, -0.05) is 0 Å². The summed E-state index contributed by atoms with van der Waals surface area (Å²) >= 11 is 0. The van der Waals surface area contributed by atoms with Crippen LogP contribution in [0.3, 0.4) is 0 Å². The molecular formula is C14H18NO7+. The third kappa shape index (κ3) is 4.80. The van der Waals surface area contributed by atoms with Gasteiger partial charge in [0.25, 0.3) is 6.04 Å². The predicted octanol–water partition coefficient (Wildman–Crippen LogP) is 0.995. The minimum Gasteiger partial charge on any atom is -0.461 e. The number of carbonyl (C=O) groups is 3. The molecule has 120 valence electrons. The predicted molar refractivity (Wildman–Crippen MR) is 73.2 cm³/mol. The van der Waals surface area contributed by atoms with Gasteiger partial charge >= 0.3 is 17.9 Å². The second kappa shape index (κ2) is 7.48. The Balaban J connectivity index is 3.18. The zero-order valence-electron chi connectivity index (χ0n) is 12.9. The Bertz CT molecular complexity index is 574. The Morgan fingerprint density at radius 1 is 1.05 bits per heavy atom. The molecule has 1 atom stereocenters. The lowest BCUT2D eigenvalue weighted by molar-refractivity contribution is -0.514. The molecule has 0 spiro atoms. The van der Waals surface area contributed by atoms with Crippen LogP contribution in [-0.4, -0.2) is 41.9 Å². The van der Waals surface area contributed by atoms with Gasteiger partial charge in [-0.05, 0) is 0 Å². The highest BCUT2D eigenvalue weighted by molar-refractivity contribution is 5.69. The molecule has 1 heterocycles. The fourth-order valence-corrected chi connectivity index (χ4v) is 1.81. The average molecular weight is 312 g/mol. The largest absolute Gasteiger partial charge is 0.461 e. The summed E-state index contributed by atoms with van der Waals surface area (Å²) in [6.45, 7) is 4.81. The van der Waals surface area contributed by atoms with E-state index in [9.17, 15) is 19.3 Å². The van der Waals surface area contributed by atoms with E-state index in [4.69, 9.17) is 14.2 Å². The molecule has 0 saturated heterocycles. The standard InChI is InChI=1S/C14H18NO7/c1-8-14(22-11(4)18)13(7-21-10(3)17)12(5-15(8)19)6-20-9(2)16/h5,8H,6-7H2,1-4H3/q+1. The molecule has 0 radical (unpaired) electrons. The van der Waals surface area contributed by atoms with Crippen molar-refractivity contribution in [1.29, 1.82) is 0 Å². The molecule has 0 fully saturated rings. The summed E-state index contributed by atoms with van der Waals surface area (Å²) in [5, 5.41) is 0. The highest BCUT2D eigenvalue weighted by atomic mass is 16.6. The van der Waals surface area contributed by atoms with Gasteiger partial charge < -0.3 is 14.2 Å². The Morgan fingerprint density at radius 3 is 2.09 bits per heavy atom. The molecule has 0 amide bonds. The Hall–Kier alpha value is -2.51. The summed E-state index contributed by atoms with van der Waals surface area (Å²) in [5.74, 6) is -1.59. The summed E-state index contributed by atoms with van der Waals surface area (Å²) in [6, 6.07) is -0.768. The van der Waals surface area contributed by atoms with Crippen LogP contribution in [0.25, 0.3) is 0 Å². The van der Waals surface area contributed by atoms with Gasteiger partial charge in [0.2, 0.25) is 6.20 Å². The van der Waals surface area contributed by atoms with Crippen LogP contribution in [0.15, 0.2) is 23.1 Å². The number of rotatable bonds is 5. The van der Waals surface area contributed by atoms with Crippen LogP contribution < -0.4 is 0 Å². The van der Waals surface area contributed by atoms with Crippen molar-refractivity contribution in [3.63, 3.8) is 0 Å². The van der Waals surface area contributed by atoms with Gasteiger partial charge in [-0.15, -0.1) is 0 Å². The minimum absolute atomic E-state index is 0.0772. The molecule has 1 aliphatic heterocycles. The average Bonchev–Trinajstić information content (AvgIpc) is 2.40. The van der Waals surface area contributed by atoms with E-state index in [0.29, 0.717) is 15.9 Å². The summed E-state index contributed by atoms with van der Waals surface area (Å²) < 4.78 is 15.5. The quantitative estimate of drug-likeness (QED) is 0.424. The molecule has 0 aliphatic carbocycles. The molecule has 8 nitrogen and oxygen atoms in total. The zero-order valence-corrected chi connectivity index (χ0v) is 12.9. The lowest BCUT2D eigenvalue weighted by Gasteiger charge is -2.19. The van der Waals surface area contributed by atoms with Crippen molar-refractivity contribution in [3.8, 4) is 0 Å². The molecule has 0 saturated carbocycles. The molecule has 0 N–H and O–H groups in total. The van der Waals surface area contributed by atoms with Gasteiger partial charge in [0.1, 0.15) is 13.2 Å². The monoisotopic (exact) mass is 312 g/mol. The van der Waals surface area contributed by atoms with Gasteiger partial charge in [0, 0.05) is 42.9 Å². The van der Waals surface area contributed by atoms with E-state index >= 15 is 0 Å². The molecule has 0 aromatic carbocycles. The van der Waals surface area contributed by atoms with Crippen LogP contribution in [0, 0.1) is 4.91 Å². The van der Waals surface area contributed by atoms with Gasteiger partial charge in [0.15, 0.2) is 5.76 Å². The first-order chi connectivity index (χ1) is 10.2. The number of nitrogens with zero attached hydrogens (tertiary/aromatic N) is 1. The molecule has 1 rings (SSSR count). The second-order valence-electron chi connectivity index (χ2n) is 4.69. The van der Waals surface area contributed by atoms with Crippen molar-refractivity contribution in [2.24, 2.45) is 0 Å². The van der Waals surface area contributed by atoms with Crippen molar-refractivity contribution in [2.75, 3.05) is 13.2 Å². The summed E-state index contributed by atoms with van der Waals surface area (Å²) in [7, 11) is 0. The van der Waals surface area contributed by atoms with Crippen LogP contribution in [0.2, 0.25) is 0 Å².